The van der Waals surface area contributed by atoms with Gasteiger partial charge in [0.2, 0.25) is 0 Å². The third-order valence-electron chi connectivity index (χ3n) is 5.72. The summed E-state index contributed by atoms with van der Waals surface area (Å²) in [6.07, 6.45) is 1.85. The molecule has 1 aromatic heterocycles. The molecule has 1 aromatic carbocycles. The molecule has 7 nitrogen and oxygen atoms in total. The molecule has 3 heterocycles. The Labute approximate surface area is 175 Å². The topological polar surface area (TPSA) is 68.8 Å². The number of aromatic nitrogens is 1. The van der Waals surface area contributed by atoms with Crippen molar-refractivity contribution in [3.05, 3.63) is 53.0 Å². The van der Waals surface area contributed by atoms with Crippen LogP contribution in [0.3, 0.4) is 0 Å². The number of halogens is 1. The SMILES string of the molecule is Cc1cnc(N2CCN(C(=O)c3ccc(N4C(=O)NCC4C)cc3F)CC2)c(C)c1. The van der Waals surface area contributed by atoms with Crippen LogP contribution in [0.25, 0.3) is 0 Å². The number of carbonyl (C=O) groups is 2. The van der Waals surface area contributed by atoms with Crippen LogP contribution in [0.5, 0.6) is 0 Å². The van der Waals surface area contributed by atoms with Crippen LogP contribution in [0, 0.1) is 19.7 Å². The van der Waals surface area contributed by atoms with Crippen molar-refractivity contribution in [2.24, 2.45) is 0 Å². The Hall–Kier alpha value is -3.16. The third kappa shape index (κ3) is 3.69. The van der Waals surface area contributed by atoms with Gasteiger partial charge in [-0.05, 0) is 50.1 Å². The van der Waals surface area contributed by atoms with Gasteiger partial charge in [-0.3, -0.25) is 9.69 Å². The van der Waals surface area contributed by atoms with Gasteiger partial charge in [-0.1, -0.05) is 6.07 Å². The summed E-state index contributed by atoms with van der Waals surface area (Å²) in [5, 5.41) is 2.73. The van der Waals surface area contributed by atoms with Crippen molar-refractivity contribution in [1.82, 2.24) is 15.2 Å². The highest BCUT2D eigenvalue weighted by Gasteiger charge is 2.30. The average molecular weight is 411 g/mol. The van der Waals surface area contributed by atoms with E-state index in [1.807, 2.05) is 27.0 Å². The quantitative estimate of drug-likeness (QED) is 0.843. The zero-order valence-electron chi connectivity index (χ0n) is 17.5. The molecule has 2 aliphatic heterocycles. The first-order valence-electron chi connectivity index (χ1n) is 10.2. The lowest BCUT2D eigenvalue weighted by Gasteiger charge is -2.36. The number of benzene rings is 1. The van der Waals surface area contributed by atoms with Crippen LogP contribution < -0.4 is 15.1 Å². The van der Waals surface area contributed by atoms with E-state index in [9.17, 15) is 14.0 Å². The number of nitrogens with one attached hydrogen (secondary N) is 1. The predicted molar refractivity (Wildman–Crippen MR) is 114 cm³/mol. The smallest absolute Gasteiger partial charge is 0.322 e. The molecule has 8 heteroatoms. The van der Waals surface area contributed by atoms with Gasteiger partial charge in [0.1, 0.15) is 11.6 Å². The van der Waals surface area contributed by atoms with Gasteiger partial charge in [0, 0.05) is 44.6 Å². The molecule has 4 rings (SSSR count). The molecular weight excluding hydrogens is 385 g/mol. The van der Waals surface area contributed by atoms with Crippen LogP contribution in [0.4, 0.5) is 20.7 Å². The number of urea groups is 1. The second kappa shape index (κ2) is 7.93. The minimum atomic E-state index is -0.608. The molecule has 2 aromatic rings. The fourth-order valence-electron chi connectivity index (χ4n) is 4.14. The average Bonchev–Trinajstić information content (AvgIpc) is 3.06. The Balaban J connectivity index is 1.45. The van der Waals surface area contributed by atoms with Gasteiger partial charge in [-0.25, -0.2) is 14.2 Å². The lowest BCUT2D eigenvalue weighted by atomic mass is 10.1. The number of nitrogens with zero attached hydrogens (tertiary/aromatic N) is 4. The maximum atomic E-state index is 14.8. The van der Waals surface area contributed by atoms with Crippen LogP contribution in [-0.4, -0.2) is 60.6 Å². The molecule has 0 radical (unpaired) electrons. The van der Waals surface area contributed by atoms with Gasteiger partial charge in [0.25, 0.3) is 5.91 Å². The lowest BCUT2D eigenvalue weighted by molar-refractivity contribution is 0.0742. The highest BCUT2D eigenvalue weighted by atomic mass is 19.1. The number of rotatable bonds is 3. The molecular formula is C22H26FN5O2. The molecule has 2 fully saturated rings. The minimum absolute atomic E-state index is 0.0316. The first-order valence-corrected chi connectivity index (χ1v) is 10.2. The highest BCUT2D eigenvalue weighted by molar-refractivity contribution is 5.97. The van der Waals surface area contributed by atoms with Crippen molar-refractivity contribution >= 4 is 23.4 Å². The van der Waals surface area contributed by atoms with E-state index in [2.05, 4.69) is 21.3 Å². The van der Waals surface area contributed by atoms with Gasteiger partial charge in [-0.2, -0.15) is 0 Å². The van der Waals surface area contributed by atoms with E-state index >= 15 is 0 Å². The van der Waals surface area contributed by atoms with Gasteiger partial charge < -0.3 is 15.1 Å². The number of hydrogen-bond acceptors (Lipinski definition) is 4. The second-order valence-corrected chi connectivity index (χ2v) is 8.00. The molecule has 0 bridgehead atoms. The van der Waals surface area contributed by atoms with E-state index in [1.165, 1.54) is 17.0 Å². The molecule has 2 saturated heterocycles. The summed E-state index contributed by atoms with van der Waals surface area (Å²) >= 11 is 0. The molecule has 0 spiro atoms. The molecule has 1 atom stereocenters. The minimum Gasteiger partial charge on any atom is -0.353 e. The van der Waals surface area contributed by atoms with E-state index in [0.29, 0.717) is 38.4 Å². The first-order chi connectivity index (χ1) is 14.3. The highest BCUT2D eigenvalue weighted by Crippen LogP contribution is 2.25. The summed E-state index contributed by atoms with van der Waals surface area (Å²) in [6, 6.07) is 6.15. The number of piperazine rings is 1. The number of anilines is 2. The van der Waals surface area contributed by atoms with Crippen molar-refractivity contribution in [1.29, 1.82) is 0 Å². The van der Waals surface area contributed by atoms with E-state index in [0.717, 1.165) is 16.9 Å². The normalized spacial score (nSPS) is 19.3. The molecule has 1 unspecified atom stereocenters. The maximum Gasteiger partial charge on any atom is 0.322 e. The summed E-state index contributed by atoms with van der Waals surface area (Å²) in [6.45, 7) is 8.74. The van der Waals surface area contributed by atoms with Gasteiger partial charge in [-0.15, -0.1) is 0 Å². The molecule has 30 heavy (non-hydrogen) atoms. The Kier molecular flexibility index (Phi) is 5.32. The van der Waals surface area contributed by atoms with Crippen LogP contribution in [0.1, 0.15) is 28.4 Å². The zero-order chi connectivity index (χ0) is 21.4. The maximum absolute atomic E-state index is 14.8. The van der Waals surface area contributed by atoms with Crippen molar-refractivity contribution in [2.75, 3.05) is 42.5 Å². The summed E-state index contributed by atoms with van der Waals surface area (Å²) in [5.74, 6) is -0.00433. The van der Waals surface area contributed by atoms with Gasteiger partial charge in [0.05, 0.1) is 11.6 Å². The van der Waals surface area contributed by atoms with Crippen molar-refractivity contribution in [2.45, 2.75) is 26.8 Å². The van der Waals surface area contributed by atoms with Crippen LogP contribution in [-0.2, 0) is 0 Å². The second-order valence-electron chi connectivity index (χ2n) is 8.00. The van der Waals surface area contributed by atoms with Crippen LogP contribution in [0.15, 0.2) is 30.5 Å². The Bertz CT molecular complexity index is 987. The third-order valence-corrected chi connectivity index (χ3v) is 5.72. The fourth-order valence-corrected chi connectivity index (χ4v) is 4.14. The summed E-state index contributed by atoms with van der Waals surface area (Å²) in [4.78, 5) is 34.7. The zero-order valence-corrected chi connectivity index (χ0v) is 17.5. The number of aryl methyl sites for hydroxylation is 2. The van der Waals surface area contributed by atoms with E-state index in [1.54, 1.807) is 11.0 Å². The van der Waals surface area contributed by atoms with Gasteiger partial charge in [0.15, 0.2) is 0 Å². The van der Waals surface area contributed by atoms with E-state index in [-0.39, 0.29) is 23.5 Å². The van der Waals surface area contributed by atoms with Crippen molar-refractivity contribution in [3.63, 3.8) is 0 Å². The molecule has 158 valence electrons. The number of amides is 3. The molecule has 0 saturated carbocycles. The molecule has 1 N–H and O–H groups in total. The van der Waals surface area contributed by atoms with Gasteiger partial charge >= 0.3 is 6.03 Å². The first kappa shape index (κ1) is 20.1. The Morgan fingerprint density at radius 2 is 1.90 bits per heavy atom. The van der Waals surface area contributed by atoms with Crippen LogP contribution >= 0.6 is 0 Å². The summed E-state index contributed by atoms with van der Waals surface area (Å²) in [7, 11) is 0. The fraction of sp³-hybridized carbons (Fsp3) is 0.409. The van der Waals surface area contributed by atoms with Crippen molar-refractivity contribution < 1.29 is 14.0 Å². The summed E-state index contributed by atoms with van der Waals surface area (Å²) < 4.78 is 14.8. The Morgan fingerprint density at radius 3 is 2.50 bits per heavy atom. The number of carbonyl (C=O) groups excluding carboxylic acids is 2. The Morgan fingerprint density at radius 1 is 1.17 bits per heavy atom. The monoisotopic (exact) mass is 411 g/mol. The molecule has 3 amide bonds. The van der Waals surface area contributed by atoms with Crippen LogP contribution in [0.2, 0.25) is 0 Å². The molecule has 0 aliphatic carbocycles. The standard InChI is InChI=1S/C22H26FN5O2/c1-14-10-15(2)20(24-12-14)26-6-8-27(9-7-26)21(29)18-5-4-17(11-19(18)23)28-16(3)13-25-22(28)30/h4-5,10-12,16H,6-9,13H2,1-3H3,(H,25,30). The van der Waals surface area contributed by atoms with Crippen molar-refractivity contribution in [3.8, 4) is 0 Å². The number of pyridine rings is 1. The number of hydrogen-bond donors (Lipinski definition) is 1. The molecule has 2 aliphatic rings. The van der Waals surface area contributed by atoms with E-state index in [4.69, 9.17) is 0 Å². The largest absolute Gasteiger partial charge is 0.353 e. The van der Waals surface area contributed by atoms with E-state index < -0.39 is 5.82 Å². The summed E-state index contributed by atoms with van der Waals surface area (Å²) in [5.41, 5.74) is 2.71. The lowest BCUT2D eigenvalue weighted by Crippen LogP contribution is -2.49. The predicted octanol–water partition coefficient (Wildman–Crippen LogP) is 2.72.